The third-order valence-electron chi connectivity index (χ3n) is 2.06. The Kier molecular flexibility index (Phi) is 2.20. The highest BCUT2D eigenvalue weighted by atomic mass is 15.2. The van der Waals surface area contributed by atoms with Gasteiger partial charge in [-0.15, -0.1) is 0 Å². The molecule has 0 aliphatic rings. The second kappa shape index (κ2) is 3.51. The average molecular weight is 188 g/mol. The van der Waals surface area contributed by atoms with E-state index in [1.807, 2.05) is 37.3 Å². The molecular formula is C10H12N4. The highest BCUT2D eigenvalue weighted by Crippen LogP contribution is 2.25. The van der Waals surface area contributed by atoms with Gasteiger partial charge in [0, 0.05) is 11.3 Å². The van der Waals surface area contributed by atoms with Crippen LogP contribution in [-0.2, 0) is 0 Å². The van der Waals surface area contributed by atoms with Crippen LogP contribution in [0, 0.1) is 6.92 Å². The number of nitrogen functional groups attached to an aromatic ring is 1. The number of para-hydroxylation sites is 1. The molecule has 0 spiro atoms. The van der Waals surface area contributed by atoms with Crippen molar-refractivity contribution in [3.63, 3.8) is 0 Å². The molecule has 4 heteroatoms. The minimum absolute atomic E-state index is 0.874. The van der Waals surface area contributed by atoms with Crippen LogP contribution in [0.15, 0.2) is 30.3 Å². The molecule has 4 nitrogen and oxygen atoms in total. The van der Waals surface area contributed by atoms with Gasteiger partial charge < -0.3 is 5.43 Å². The molecule has 1 heterocycles. The van der Waals surface area contributed by atoms with Crippen molar-refractivity contribution < 1.29 is 0 Å². The first-order valence-corrected chi connectivity index (χ1v) is 4.39. The normalized spacial score (nSPS) is 10.1. The zero-order valence-electron chi connectivity index (χ0n) is 7.91. The third-order valence-corrected chi connectivity index (χ3v) is 2.06. The van der Waals surface area contributed by atoms with Crippen molar-refractivity contribution in [2.45, 2.75) is 6.92 Å². The SMILES string of the molecule is Cc1cc(-c2ccccc2NN)n[nH]1. The number of hydrogen-bond donors (Lipinski definition) is 3. The summed E-state index contributed by atoms with van der Waals surface area (Å²) in [6.07, 6.45) is 0. The number of aromatic nitrogens is 2. The number of rotatable bonds is 2. The third kappa shape index (κ3) is 1.47. The minimum Gasteiger partial charge on any atom is -0.323 e. The van der Waals surface area contributed by atoms with Crippen LogP contribution in [0.25, 0.3) is 11.3 Å². The van der Waals surface area contributed by atoms with Crippen molar-refractivity contribution in [2.24, 2.45) is 5.84 Å². The van der Waals surface area contributed by atoms with E-state index >= 15 is 0 Å². The Morgan fingerprint density at radius 3 is 2.79 bits per heavy atom. The van der Waals surface area contributed by atoms with E-state index in [1.54, 1.807) is 0 Å². The fourth-order valence-corrected chi connectivity index (χ4v) is 1.39. The number of aromatic amines is 1. The summed E-state index contributed by atoms with van der Waals surface area (Å²) >= 11 is 0. The van der Waals surface area contributed by atoms with Crippen LogP contribution in [0.4, 0.5) is 5.69 Å². The van der Waals surface area contributed by atoms with Crippen molar-refractivity contribution in [3.05, 3.63) is 36.0 Å². The molecule has 0 atom stereocenters. The lowest BCUT2D eigenvalue weighted by Crippen LogP contribution is -2.07. The Hall–Kier alpha value is -1.81. The summed E-state index contributed by atoms with van der Waals surface area (Å²) in [6, 6.07) is 9.76. The zero-order valence-corrected chi connectivity index (χ0v) is 7.91. The maximum atomic E-state index is 5.41. The largest absolute Gasteiger partial charge is 0.323 e. The number of anilines is 1. The summed E-state index contributed by atoms with van der Waals surface area (Å²) in [5.41, 5.74) is 6.46. The van der Waals surface area contributed by atoms with Crippen molar-refractivity contribution in [1.82, 2.24) is 10.2 Å². The predicted octanol–water partition coefficient (Wildman–Crippen LogP) is 1.67. The van der Waals surface area contributed by atoms with Crippen molar-refractivity contribution in [2.75, 3.05) is 5.43 Å². The van der Waals surface area contributed by atoms with Crippen molar-refractivity contribution >= 4 is 5.69 Å². The molecule has 72 valence electrons. The van der Waals surface area contributed by atoms with E-state index in [-0.39, 0.29) is 0 Å². The molecule has 4 N–H and O–H groups in total. The van der Waals surface area contributed by atoms with Gasteiger partial charge in [-0.1, -0.05) is 18.2 Å². The molecule has 0 fully saturated rings. The molecule has 0 amide bonds. The topological polar surface area (TPSA) is 66.7 Å². The second-order valence-electron chi connectivity index (χ2n) is 3.13. The molecule has 0 saturated carbocycles. The molecule has 2 rings (SSSR count). The van der Waals surface area contributed by atoms with Crippen LogP contribution < -0.4 is 11.3 Å². The Balaban J connectivity index is 2.50. The van der Waals surface area contributed by atoms with Gasteiger partial charge in [-0.2, -0.15) is 5.10 Å². The summed E-state index contributed by atoms with van der Waals surface area (Å²) in [6.45, 7) is 1.97. The summed E-state index contributed by atoms with van der Waals surface area (Å²) in [5, 5.41) is 7.07. The summed E-state index contributed by atoms with van der Waals surface area (Å²) in [5.74, 6) is 5.41. The molecule has 1 aromatic heterocycles. The molecule has 0 radical (unpaired) electrons. The average Bonchev–Trinajstić information content (AvgIpc) is 2.65. The lowest BCUT2D eigenvalue weighted by Gasteiger charge is -2.04. The van der Waals surface area contributed by atoms with E-state index in [4.69, 9.17) is 5.84 Å². The van der Waals surface area contributed by atoms with E-state index in [9.17, 15) is 0 Å². The molecule has 0 bridgehead atoms. The Bertz CT molecular complexity index is 433. The van der Waals surface area contributed by atoms with E-state index in [1.165, 1.54) is 0 Å². The predicted molar refractivity (Wildman–Crippen MR) is 56.6 cm³/mol. The van der Waals surface area contributed by atoms with E-state index < -0.39 is 0 Å². The number of aryl methyl sites for hydroxylation is 1. The van der Waals surface area contributed by atoms with Gasteiger partial charge in [0.05, 0.1) is 11.4 Å². The van der Waals surface area contributed by atoms with E-state index in [0.717, 1.165) is 22.6 Å². The number of nitrogens with zero attached hydrogens (tertiary/aromatic N) is 1. The summed E-state index contributed by atoms with van der Waals surface area (Å²) in [4.78, 5) is 0. The molecule has 14 heavy (non-hydrogen) atoms. The molecule has 0 aliphatic carbocycles. The van der Waals surface area contributed by atoms with Gasteiger partial charge >= 0.3 is 0 Å². The molecular weight excluding hydrogens is 176 g/mol. The van der Waals surface area contributed by atoms with Crippen LogP contribution in [-0.4, -0.2) is 10.2 Å². The first-order chi connectivity index (χ1) is 6.81. The molecule has 0 unspecified atom stereocenters. The number of nitrogens with one attached hydrogen (secondary N) is 2. The quantitative estimate of drug-likeness (QED) is 0.496. The Morgan fingerprint density at radius 2 is 2.14 bits per heavy atom. The Labute approximate surface area is 82.1 Å². The monoisotopic (exact) mass is 188 g/mol. The van der Waals surface area contributed by atoms with Crippen LogP contribution in [0.1, 0.15) is 5.69 Å². The molecule has 0 aliphatic heterocycles. The fourth-order valence-electron chi connectivity index (χ4n) is 1.39. The first kappa shape index (κ1) is 8.77. The van der Waals surface area contributed by atoms with E-state index in [0.29, 0.717) is 0 Å². The van der Waals surface area contributed by atoms with Crippen LogP contribution in [0.3, 0.4) is 0 Å². The molecule has 1 aromatic carbocycles. The summed E-state index contributed by atoms with van der Waals surface area (Å²) in [7, 11) is 0. The molecule has 0 saturated heterocycles. The first-order valence-electron chi connectivity index (χ1n) is 4.39. The minimum atomic E-state index is 0.874. The lowest BCUT2D eigenvalue weighted by molar-refractivity contribution is 1.05. The number of nitrogens with two attached hydrogens (primary N) is 1. The maximum Gasteiger partial charge on any atom is 0.0944 e. The number of hydrazine groups is 1. The molecule has 2 aromatic rings. The van der Waals surface area contributed by atoms with Gasteiger partial charge in [0.15, 0.2) is 0 Å². The number of H-pyrrole nitrogens is 1. The van der Waals surface area contributed by atoms with Gasteiger partial charge in [-0.05, 0) is 19.1 Å². The van der Waals surface area contributed by atoms with E-state index in [2.05, 4.69) is 15.6 Å². The zero-order chi connectivity index (χ0) is 9.97. The van der Waals surface area contributed by atoms with Gasteiger partial charge in [-0.3, -0.25) is 10.9 Å². The highest BCUT2D eigenvalue weighted by molar-refractivity contribution is 5.75. The van der Waals surface area contributed by atoms with Crippen molar-refractivity contribution in [1.29, 1.82) is 0 Å². The smallest absolute Gasteiger partial charge is 0.0944 e. The summed E-state index contributed by atoms with van der Waals surface area (Å²) < 4.78 is 0. The Morgan fingerprint density at radius 1 is 1.36 bits per heavy atom. The van der Waals surface area contributed by atoms with Gasteiger partial charge in [0.1, 0.15) is 0 Å². The number of hydrogen-bond acceptors (Lipinski definition) is 3. The van der Waals surface area contributed by atoms with Gasteiger partial charge in [-0.25, -0.2) is 0 Å². The van der Waals surface area contributed by atoms with Crippen molar-refractivity contribution in [3.8, 4) is 11.3 Å². The van der Waals surface area contributed by atoms with Gasteiger partial charge in [0.2, 0.25) is 0 Å². The standard InChI is InChI=1S/C10H12N4/c1-7-6-10(14-13-7)8-4-2-3-5-9(8)12-11/h2-6,12H,11H2,1H3,(H,13,14). The maximum absolute atomic E-state index is 5.41. The van der Waals surface area contributed by atoms with Crippen LogP contribution in [0.2, 0.25) is 0 Å². The highest BCUT2D eigenvalue weighted by Gasteiger charge is 2.05. The van der Waals surface area contributed by atoms with Crippen LogP contribution >= 0.6 is 0 Å². The lowest BCUT2D eigenvalue weighted by atomic mass is 10.1. The number of benzene rings is 1. The second-order valence-corrected chi connectivity index (χ2v) is 3.13. The van der Waals surface area contributed by atoms with Crippen LogP contribution in [0.5, 0.6) is 0 Å². The fraction of sp³-hybridized carbons (Fsp3) is 0.100. The van der Waals surface area contributed by atoms with Gasteiger partial charge in [0.25, 0.3) is 0 Å².